The second-order valence-electron chi connectivity index (χ2n) is 4.74. The number of carbonyl (C=O) groups is 1. The second-order valence-corrected chi connectivity index (χ2v) is 5.50. The highest BCUT2D eigenvalue weighted by molar-refractivity contribution is 7.10. The number of anilines is 1. The Bertz CT molecular complexity index is 600. The summed E-state index contributed by atoms with van der Waals surface area (Å²) in [4.78, 5) is 13.9. The van der Waals surface area contributed by atoms with Crippen LogP contribution in [0.25, 0.3) is 11.3 Å². The number of likely N-dealkylation sites (tertiary alicyclic amines) is 1. The van der Waals surface area contributed by atoms with E-state index in [1.807, 2.05) is 30.3 Å². The Morgan fingerprint density at radius 3 is 2.90 bits per heavy atom. The fourth-order valence-electron chi connectivity index (χ4n) is 2.21. The van der Waals surface area contributed by atoms with Gasteiger partial charge in [-0.05, 0) is 6.42 Å². The van der Waals surface area contributed by atoms with Gasteiger partial charge in [0.2, 0.25) is 0 Å². The van der Waals surface area contributed by atoms with Gasteiger partial charge in [-0.25, -0.2) is 4.79 Å². The summed E-state index contributed by atoms with van der Waals surface area (Å²) in [6, 6.07) is 9.62. The van der Waals surface area contributed by atoms with Crippen LogP contribution in [0.15, 0.2) is 30.3 Å². The molecule has 0 spiro atoms. The molecule has 0 aliphatic carbocycles. The van der Waals surface area contributed by atoms with Crippen LogP contribution >= 0.6 is 11.5 Å². The maximum absolute atomic E-state index is 12.2. The number of nitrogens with zero attached hydrogens (tertiary/aromatic N) is 3. The molecule has 20 heavy (non-hydrogen) atoms. The van der Waals surface area contributed by atoms with Gasteiger partial charge in [-0.3, -0.25) is 5.32 Å². The second kappa shape index (κ2) is 5.56. The van der Waals surface area contributed by atoms with E-state index in [9.17, 15) is 4.79 Å². The van der Waals surface area contributed by atoms with E-state index in [4.69, 9.17) is 5.73 Å². The number of benzene rings is 1. The largest absolute Gasteiger partial charge is 0.326 e. The fraction of sp³-hybridized carbons (Fsp3) is 0.308. The predicted molar refractivity (Wildman–Crippen MR) is 78.5 cm³/mol. The summed E-state index contributed by atoms with van der Waals surface area (Å²) < 4.78 is 3.93. The third-order valence-electron chi connectivity index (χ3n) is 3.27. The normalized spacial score (nSPS) is 18.2. The van der Waals surface area contributed by atoms with Gasteiger partial charge in [0, 0.05) is 36.2 Å². The van der Waals surface area contributed by atoms with Gasteiger partial charge in [-0.1, -0.05) is 34.8 Å². The molecule has 2 amide bonds. The lowest BCUT2D eigenvalue weighted by Crippen LogP contribution is -2.35. The summed E-state index contributed by atoms with van der Waals surface area (Å²) in [5.74, 6) is 0. The van der Waals surface area contributed by atoms with Crippen molar-refractivity contribution < 1.29 is 4.79 Å². The Kier molecular flexibility index (Phi) is 3.62. The maximum atomic E-state index is 12.2. The molecule has 1 saturated heterocycles. The number of amides is 2. The van der Waals surface area contributed by atoms with Crippen molar-refractivity contribution in [1.82, 2.24) is 14.5 Å². The molecular weight excluding hydrogens is 274 g/mol. The molecule has 1 aromatic heterocycles. The van der Waals surface area contributed by atoms with Gasteiger partial charge < -0.3 is 10.6 Å². The average molecular weight is 289 g/mol. The van der Waals surface area contributed by atoms with E-state index in [1.54, 1.807) is 4.90 Å². The van der Waals surface area contributed by atoms with Crippen molar-refractivity contribution in [3.05, 3.63) is 30.3 Å². The van der Waals surface area contributed by atoms with Gasteiger partial charge in [0.25, 0.3) is 0 Å². The van der Waals surface area contributed by atoms with Crippen molar-refractivity contribution in [3.8, 4) is 11.3 Å². The van der Waals surface area contributed by atoms with E-state index >= 15 is 0 Å². The van der Waals surface area contributed by atoms with E-state index in [0.717, 1.165) is 12.0 Å². The van der Waals surface area contributed by atoms with Gasteiger partial charge in [0.15, 0.2) is 0 Å². The predicted octanol–water partition coefficient (Wildman–Crippen LogP) is 1.77. The zero-order valence-electron chi connectivity index (χ0n) is 10.8. The smallest absolute Gasteiger partial charge is 0.322 e. The lowest BCUT2D eigenvalue weighted by molar-refractivity contribution is 0.222. The Morgan fingerprint density at radius 2 is 2.20 bits per heavy atom. The molecule has 0 unspecified atom stereocenters. The third-order valence-corrected chi connectivity index (χ3v) is 3.91. The van der Waals surface area contributed by atoms with Gasteiger partial charge in [-0.2, -0.15) is 0 Å². The van der Waals surface area contributed by atoms with Crippen molar-refractivity contribution >= 4 is 22.6 Å². The molecule has 1 fully saturated rings. The van der Waals surface area contributed by atoms with Crippen molar-refractivity contribution in [2.45, 2.75) is 12.5 Å². The van der Waals surface area contributed by atoms with Crippen LogP contribution in [0.5, 0.6) is 0 Å². The van der Waals surface area contributed by atoms with Crippen LogP contribution in [0.4, 0.5) is 9.80 Å². The minimum Gasteiger partial charge on any atom is -0.326 e. The zero-order chi connectivity index (χ0) is 13.9. The maximum Gasteiger partial charge on any atom is 0.322 e. The topological polar surface area (TPSA) is 84.1 Å². The highest BCUT2D eigenvalue weighted by Gasteiger charge is 2.24. The molecule has 2 heterocycles. The molecule has 0 bridgehead atoms. The Balaban J connectivity index is 1.76. The Morgan fingerprint density at radius 1 is 1.40 bits per heavy atom. The summed E-state index contributed by atoms with van der Waals surface area (Å²) in [6.07, 6.45) is 0.847. The molecule has 1 atom stereocenters. The summed E-state index contributed by atoms with van der Waals surface area (Å²) >= 11 is 1.18. The van der Waals surface area contributed by atoms with Gasteiger partial charge in [0.05, 0.1) is 0 Å². The van der Waals surface area contributed by atoms with E-state index in [0.29, 0.717) is 23.8 Å². The SMILES string of the molecule is N[C@@H]1CCN(C(=O)Nc2snnc2-c2ccccc2)C1. The minimum atomic E-state index is -0.138. The van der Waals surface area contributed by atoms with Gasteiger partial charge in [0.1, 0.15) is 10.7 Å². The van der Waals surface area contributed by atoms with Crippen LogP contribution in [0, 0.1) is 0 Å². The molecule has 6 nitrogen and oxygen atoms in total. The summed E-state index contributed by atoms with van der Waals surface area (Å²) in [5, 5.41) is 7.64. The minimum absolute atomic E-state index is 0.0777. The molecule has 1 aliphatic rings. The lowest BCUT2D eigenvalue weighted by atomic mass is 10.2. The number of rotatable bonds is 2. The highest BCUT2D eigenvalue weighted by Crippen LogP contribution is 2.28. The molecule has 2 aromatic rings. The van der Waals surface area contributed by atoms with Crippen molar-refractivity contribution in [3.63, 3.8) is 0 Å². The summed E-state index contributed by atoms with van der Waals surface area (Å²) in [7, 11) is 0. The van der Waals surface area contributed by atoms with Crippen LogP contribution in [-0.4, -0.2) is 39.6 Å². The van der Waals surface area contributed by atoms with Gasteiger partial charge in [-0.15, -0.1) is 5.10 Å². The van der Waals surface area contributed by atoms with Crippen molar-refractivity contribution in [2.75, 3.05) is 18.4 Å². The first-order valence-corrected chi connectivity index (χ1v) is 7.20. The Labute approximate surface area is 120 Å². The molecule has 0 radical (unpaired) electrons. The number of nitrogens with one attached hydrogen (secondary N) is 1. The van der Waals surface area contributed by atoms with E-state index in [1.165, 1.54) is 11.5 Å². The summed E-state index contributed by atoms with van der Waals surface area (Å²) in [6.45, 7) is 1.29. The third kappa shape index (κ3) is 2.63. The Hall–Kier alpha value is -1.99. The number of aromatic nitrogens is 2. The van der Waals surface area contributed by atoms with Crippen LogP contribution in [-0.2, 0) is 0 Å². The lowest BCUT2D eigenvalue weighted by Gasteiger charge is -2.16. The molecule has 104 valence electrons. The van der Waals surface area contributed by atoms with Crippen LogP contribution in [0.3, 0.4) is 0 Å². The fourth-order valence-corrected chi connectivity index (χ4v) is 2.79. The number of hydrogen-bond donors (Lipinski definition) is 2. The van der Waals surface area contributed by atoms with Crippen molar-refractivity contribution in [1.29, 1.82) is 0 Å². The number of urea groups is 1. The highest BCUT2D eigenvalue weighted by atomic mass is 32.1. The first-order chi connectivity index (χ1) is 9.74. The molecule has 7 heteroatoms. The van der Waals surface area contributed by atoms with Crippen LogP contribution in [0.2, 0.25) is 0 Å². The first kappa shape index (κ1) is 13.0. The quantitative estimate of drug-likeness (QED) is 0.882. The van der Waals surface area contributed by atoms with E-state index < -0.39 is 0 Å². The number of nitrogens with two attached hydrogens (primary N) is 1. The zero-order valence-corrected chi connectivity index (χ0v) is 11.6. The molecule has 0 saturated carbocycles. The average Bonchev–Trinajstić information content (AvgIpc) is 3.09. The van der Waals surface area contributed by atoms with Gasteiger partial charge >= 0.3 is 6.03 Å². The molecule has 1 aromatic carbocycles. The molecule has 1 aliphatic heterocycles. The van der Waals surface area contributed by atoms with Crippen LogP contribution < -0.4 is 11.1 Å². The first-order valence-electron chi connectivity index (χ1n) is 6.43. The van der Waals surface area contributed by atoms with E-state index in [2.05, 4.69) is 14.9 Å². The van der Waals surface area contributed by atoms with Crippen LogP contribution in [0.1, 0.15) is 6.42 Å². The van der Waals surface area contributed by atoms with Crippen molar-refractivity contribution in [2.24, 2.45) is 5.73 Å². The van der Waals surface area contributed by atoms with E-state index in [-0.39, 0.29) is 12.1 Å². The summed E-state index contributed by atoms with van der Waals surface area (Å²) in [5.41, 5.74) is 7.45. The number of hydrogen-bond acceptors (Lipinski definition) is 5. The monoisotopic (exact) mass is 289 g/mol. The standard InChI is InChI=1S/C13H15N5OS/c14-10-6-7-18(8-10)13(19)15-12-11(16-17-20-12)9-4-2-1-3-5-9/h1-5,10H,6-8,14H2,(H,15,19)/t10-/m1/s1. The molecule has 3 N–H and O–H groups in total. The molecular formula is C13H15N5OS. The number of carbonyl (C=O) groups excluding carboxylic acids is 1. The molecule has 3 rings (SSSR count).